The number of alkyl halides is 3. The van der Waals surface area contributed by atoms with Crippen LogP contribution in [0, 0.1) is 40.9 Å². The first-order valence-electron chi connectivity index (χ1n) is 11.6. The maximum Gasteiger partial charge on any atom is 0.412 e. The average Bonchev–Trinajstić information content (AvgIpc) is 3.01. The lowest BCUT2D eigenvalue weighted by atomic mass is 9.48. The van der Waals surface area contributed by atoms with Crippen LogP contribution >= 0.6 is 0 Å². The van der Waals surface area contributed by atoms with Gasteiger partial charge in [0.25, 0.3) is 0 Å². The van der Waals surface area contributed by atoms with Crippen LogP contribution in [0.1, 0.15) is 71.6 Å². The lowest BCUT2D eigenvalue weighted by Crippen LogP contribution is -2.52. The molecular formula is C24H37F3O2. The Morgan fingerprint density at radius 2 is 1.76 bits per heavy atom. The normalized spacial score (nSPS) is 47.2. The van der Waals surface area contributed by atoms with E-state index in [1.165, 1.54) is 0 Å². The molecule has 0 amide bonds. The molecule has 166 valence electrons. The van der Waals surface area contributed by atoms with Crippen molar-refractivity contribution < 1.29 is 23.0 Å². The number of hydrogen-bond donors (Lipinski definition) is 1. The van der Waals surface area contributed by atoms with Crippen molar-refractivity contribution in [1.82, 2.24) is 0 Å². The number of fused-ring (bicyclic) bond motifs is 5. The van der Waals surface area contributed by atoms with Crippen LogP contribution in [0.3, 0.4) is 0 Å². The molecule has 4 rings (SSSR count). The van der Waals surface area contributed by atoms with Gasteiger partial charge in [-0.3, -0.25) is 0 Å². The van der Waals surface area contributed by atoms with Gasteiger partial charge in [-0.25, -0.2) is 0 Å². The first-order chi connectivity index (χ1) is 13.6. The van der Waals surface area contributed by atoms with Gasteiger partial charge in [0.1, 0.15) is 0 Å². The summed E-state index contributed by atoms with van der Waals surface area (Å²) in [5.74, 6) is 2.34. The zero-order valence-electron chi connectivity index (χ0n) is 17.9. The van der Waals surface area contributed by atoms with Gasteiger partial charge in [-0.15, -0.1) is 0 Å². The number of aliphatic hydroxyl groups is 1. The van der Waals surface area contributed by atoms with Gasteiger partial charge in [0.05, 0.1) is 12.2 Å². The summed E-state index contributed by atoms with van der Waals surface area (Å²) in [5, 5.41) is 11.0. The zero-order valence-corrected chi connectivity index (χ0v) is 17.9. The molecule has 0 radical (unpaired) electrons. The van der Waals surface area contributed by atoms with E-state index in [9.17, 15) is 18.3 Å². The molecule has 0 saturated heterocycles. The first kappa shape index (κ1) is 21.7. The SMILES string of the molecule is C=C([C@H]1CC[C@H]2[C@@H]3CC[C@@H]4C[C@@](O)(COCC)CC[C@@H]4[C@H]3CC[C@]12C)C(F)(F)F. The van der Waals surface area contributed by atoms with E-state index in [1.807, 2.05) is 6.92 Å². The molecule has 0 heterocycles. The first-order valence-corrected chi connectivity index (χ1v) is 11.6. The summed E-state index contributed by atoms with van der Waals surface area (Å²) >= 11 is 0. The van der Waals surface area contributed by atoms with Crippen LogP contribution in [-0.2, 0) is 4.74 Å². The van der Waals surface area contributed by atoms with E-state index < -0.39 is 23.3 Å². The number of hydrogen-bond acceptors (Lipinski definition) is 2. The highest BCUT2D eigenvalue weighted by Gasteiger charge is 2.60. The third-order valence-corrected chi connectivity index (χ3v) is 9.46. The number of ether oxygens (including phenoxy) is 1. The fraction of sp³-hybridized carbons (Fsp3) is 0.917. The minimum atomic E-state index is -4.27. The van der Waals surface area contributed by atoms with Crippen LogP contribution in [0.4, 0.5) is 13.2 Å². The fourth-order valence-corrected chi connectivity index (χ4v) is 8.16. The number of allylic oxidation sites excluding steroid dienone is 1. The molecule has 8 atom stereocenters. The summed E-state index contributed by atoms with van der Waals surface area (Å²) in [7, 11) is 0. The van der Waals surface area contributed by atoms with E-state index in [2.05, 4.69) is 13.5 Å². The van der Waals surface area contributed by atoms with Gasteiger partial charge < -0.3 is 9.84 Å². The van der Waals surface area contributed by atoms with Gasteiger partial charge in [-0.1, -0.05) is 13.5 Å². The molecule has 0 aromatic rings. The largest absolute Gasteiger partial charge is 0.412 e. The predicted molar refractivity (Wildman–Crippen MR) is 107 cm³/mol. The molecule has 29 heavy (non-hydrogen) atoms. The zero-order chi connectivity index (χ0) is 21.0. The van der Waals surface area contributed by atoms with Gasteiger partial charge in [0, 0.05) is 12.2 Å². The van der Waals surface area contributed by atoms with E-state index in [4.69, 9.17) is 4.74 Å². The topological polar surface area (TPSA) is 29.5 Å². The maximum absolute atomic E-state index is 13.4. The average molecular weight is 415 g/mol. The Balaban J connectivity index is 1.48. The van der Waals surface area contributed by atoms with Crippen LogP contribution in [-0.4, -0.2) is 30.1 Å². The summed E-state index contributed by atoms with van der Waals surface area (Å²) in [4.78, 5) is 0. The fourth-order valence-electron chi connectivity index (χ4n) is 8.16. The van der Waals surface area contributed by atoms with Crippen molar-refractivity contribution in [1.29, 1.82) is 0 Å². The van der Waals surface area contributed by atoms with Crippen LogP contribution < -0.4 is 0 Å². The number of halogens is 3. The standard InChI is InChI=1S/C24H37F3O2/c1-4-29-14-23(28)12-10-17-16(13-23)5-6-19-18(17)9-11-22(3)20(7-8-21(19)22)15(2)24(25,26)27/h16-21,28H,2,4-14H2,1,3H3/t16-,17+,18-,19-,20-,21+,22-,23-/m1/s1. The molecule has 4 fully saturated rings. The van der Waals surface area contributed by atoms with Gasteiger partial charge in [0.15, 0.2) is 0 Å². The lowest BCUT2D eigenvalue weighted by molar-refractivity contribution is -0.132. The van der Waals surface area contributed by atoms with E-state index in [-0.39, 0.29) is 5.41 Å². The van der Waals surface area contributed by atoms with Crippen molar-refractivity contribution in [2.24, 2.45) is 40.9 Å². The van der Waals surface area contributed by atoms with Crippen molar-refractivity contribution in [2.75, 3.05) is 13.2 Å². The van der Waals surface area contributed by atoms with Crippen LogP contribution in [0.15, 0.2) is 12.2 Å². The molecule has 0 bridgehead atoms. The summed E-state index contributed by atoms with van der Waals surface area (Å²) < 4.78 is 45.8. The van der Waals surface area contributed by atoms with E-state index >= 15 is 0 Å². The molecule has 0 spiro atoms. The second-order valence-electron chi connectivity index (χ2n) is 10.7. The van der Waals surface area contributed by atoms with E-state index in [0.717, 1.165) is 51.4 Å². The van der Waals surface area contributed by atoms with E-state index in [0.29, 0.717) is 49.2 Å². The van der Waals surface area contributed by atoms with Crippen molar-refractivity contribution in [3.05, 3.63) is 12.2 Å². The maximum atomic E-state index is 13.4. The quantitative estimate of drug-likeness (QED) is 0.560. The van der Waals surface area contributed by atoms with Gasteiger partial charge in [-0.2, -0.15) is 13.2 Å². The van der Waals surface area contributed by atoms with Gasteiger partial charge >= 0.3 is 6.18 Å². The number of rotatable bonds is 4. The minimum absolute atomic E-state index is 0.245. The Hall–Kier alpha value is -0.550. The summed E-state index contributed by atoms with van der Waals surface area (Å²) in [6.45, 7) is 8.63. The van der Waals surface area contributed by atoms with Gasteiger partial charge in [0.2, 0.25) is 0 Å². The third-order valence-electron chi connectivity index (χ3n) is 9.46. The lowest BCUT2D eigenvalue weighted by Gasteiger charge is -2.57. The summed E-state index contributed by atoms with van der Waals surface area (Å²) in [6.07, 6.45) is 4.12. The van der Waals surface area contributed by atoms with E-state index in [1.54, 1.807) is 0 Å². The molecule has 4 aliphatic rings. The molecule has 0 aromatic heterocycles. The Labute approximate surface area is 173 Å². The monoisotopic (exact) mass is 414 g/mol. The van der Waals surface area contributed by atoms with Crippen LogP contribution in [0.2, 0.25) is 0 Å². The van der Waals surface area contributed by atoms with Gasteiger partial charge in [-0.05, 0) is 106 Å². The highest BCUT2D eigenvalue weighted by atomic mass is 19.4. The third kappa shape index (κ3) is 3.69. The second-order valence-corrected chi connectivity index (χ2v) is 10.7. The molecule has 1 N–H and O–H groups in total. The van der Waals surface area contributed by atoms with Crippen molar-refractivity contribution in [2.45, 2.75) is 83.4 Å². The Morgan fingerprint density at radius 3 is 2.45 bits per heavy atom. The van der Waals surface area contributed by atoms with Crippen molar-refractivity contribution >= 4 is 0 Å². The molecule has 5 heteroatoms. The predicted octanol–water partition coefficient (Wildman–Crippen LogP) is 6.14. The molecule has 0 aromatic carbocycles. The highest BCUT2D eigenvalue weighted by molar-refractivity contribution is 5.18. The van der Waals surface area contributed by atoms with Crippen molar-refractivity contribution in [3.8, 4) is 0 Å². The van der Waals surface area contributed by atoms with Crippen LogP contribution in [0.5, 0.6) is 0 Å². The Bertz CT molecular complexity index is 632. The molecule has 4 aliphatic carbocycles. The summed E-state index contributed by atoms with van der Waals surface area (Å²) in [5.41, 5.74) is -1.42. The molecule has 2 nitrogen and oxygen atoms in total. The minimum Gasteiger partial charge on any atom is -0.387 e. The van der Waals surface area contributed by atoms with Crippen LogP contribution in [0.25, 0.3) is 0 Å². The Kier molecular flexibility index (Phi) is 5.64. The van der Waals surface area contributed by atoms with Crippen molar-refractivity contribution in [3.63, 3.8) is 0 Å². The Morgan fingerprint density at radius 1 is 1.03 bits per heavy atom. The highest BCUT2D eigenvalue weighted by Crippen LogP contribution is 2.66. The smallest absolute Gasteiger partial charge is 0.387 e. The molecule has 0 aliphatic heterocycles. The molecule has 4 saturated carbocycles. The summed E-state index contributed by atoms with van der Waals surface area (Å²) in [6, 6.07) is 0. The molecule has 0 unspecified atom stereocenters. The second kappa shape index (κ2) is 7.55. The molecular weight excluding hydrogens is 377 g/mol.